The minimum Gasteiger partial charge on any atom is -0.355 e. The van der Waals surface area contributed by atoms with Crippen LogP contribution in [0.25, 0.3) is 4.85 Å². The summed E-state index contributed by atoms with van der Waals surface area (Å²) in [7, 11) is 0. The Morgan fingerprint density at radius 1 is 1.75 bits per heavy atom. The summed E-state index contributed by atoms with van der Waals surface area (Å²) in [6.45, 7) is 6.59. The predicted molar refractivity (Wildman–Crippen MR) is 44.9 cm³/mol. The van der Waals surface area contributed by atoms with E-state index < -0.39 is 4.92 Å². The highest BCUT2D eigenvalue weighted by Gasteiger charge is 2.15. The lowest BCUT2D eigenvalue weighted by Gasteiger charge is -1.92. The Hall–Kier alpha value is -1.48. The van der Waals surface area contributed by atoms with Crippen molar-refractivity contribution in [3.63, 3.8) is 0 Å². The van der Waals surface area contributed by atoms with Crippen LogP contribution < -0.4 is 0 Å². The number of aromatic nitrogens is 1. The Kier molecular flexibility index (Phi) is 2.35. The molecular formula is C6H2BrN3O2. The van der Waals surface area contributed by atoms with Crippen molar-refractivity contribution < 1.29 is 4.92 Å². The summed E-state index contributed by atoms with van der Waals surface area (Å²) in [6, 6.07) is 1.25. The van der Waals surface area contributed by atoms with Gasteiger partial charge in [0.2, 0.25) is 0 Å². The quantitative estimate of drug-likeness (QED) is 0.420. The van der Waals surface area contributed by atoms with Crippen LogP contribution in [0.15, 0.2) is 16.7 Å². The van der Waals surface area contributed by atoms with E-state index in [2.05, 4.69) is 25.8 Å². The van der Waals surface area contributed by atoms with Crippen LogP contribution in [0.5, 0.6) is 0 Å². The fraction of sp³-hybridized carbons (Fsp3) is 0. The van der Waals surface area contributed by atoms with E-state index in [0.717, 1.165) is 0 Å². The Labute approximate surface area is 76.1 Å². The third kappa shape index (κ3) is 1.57. The van der Waals surface area contributed by atoms with Crippen molar-refractivity contribution in [2.75, 3.05) is 0 Å². The van der Waals surface area contributed by atoms with Crippen LogP contribution >= 0.6 is 15.9 Å². The van der Waals surface area contributed by atoms with Gasteiger partial charge in [-0.1, -0.05) is 6.57 Å². The first kappa shape index (κ1) is 8.62. The Bertz CT molecular complexity index is 372. The van der Waals surface area contributed by atoms with E-state index >= 15 is 0 Å². The summed E-state index contributed by atoms with van der Waals surface area (Å²) in [6.07, 6.45) is 1.35. The molecule has 0 aliphatic rings. The molecule has 0 saturated carbocycles. The SMILES string of the molecule is [C-]#[N+]c1ncc(Br)cc1[N+](=O)[O-]. The third-order valence-electron chi connectivity index (χ3n) is 1.12. The standard InChI is InChI=1S/C6H2BrN3O2/c1-8-6-5(10(11)12)2-4(7)3-9-6/h2-3H. The summed E-state index contributed by atoms with van der Waals surface area (Å²) in [4.78, 5) is 16.2. The zero-order valence-corrected chi connectivity index (χ0v) is 7.28. The molecule has 0 aliphatic carbocycles. The van der Waals surface area contributed by atoms with Gasteiger partial charge in [0.25, 0.3) is 5.69 Å². The first-order valence-electron chi connectivity index (χ1n) is 2.82. The van der Waals surface area contributed by atoms with Gasteiger partial charge in [-0.15, -0.1) is 4.98 Å². The molecule has 1 heterocycles. The van der Waals surface area contributed by atoms with Gasteiger partial charge in [-0.25, -0.2) is 0 Å². The highest BCUT2D eigenvalue weighted by molar-refractivity contribution is 9.10. The molecule has 1 rings (SSSR count). The maximum Gasteiger partial charge on any atom is 0.348 e. The normalized spacial score (nSPS) is 9.00. The molecule has 0 aliphatic heterocycles. The molecular weight excluding hydrogens is 226 g/mol. The number of pyridine rings is 1. The second-order valence-electron chi connectivity index (χ2n) is 1.87. The second-order valence-corrected chi connectivity index (χ2v) is 2.78. The van der Waals surface area contributed by atoms with E-state index in [1.54, 1.807) is 0 Å². The van der Waals surface area contributed by atoms with Gasteiger partial charge in [-0.05, 0) is 15.9 Å². The summed E-state index contributed by atoms with van der Waals surface area (Å²) in [5, 5.41) is 10.3. The van der Waals surface area contributed by atoms with Crippen molar-refractivity contribution in [2.24, 2.45) is 0 Å². The molecule has 0 spiro atoms. The van der Waals surface area contributed by atoms with Crippen LogP contribution in [0.2, 0.25) is 0 Å². The van der Waals surface area contributed by atoms with Crippen LogP contribution in [-0.4, -0.2) is 9.91 Å². The molecule has 1 aromatic rings. The van der Waals surface area contributed by atoms with E-state index in [9.17, 15) is 10.1 Å². The fourth-order valence-electron chi connectivity index (χ4n) is 0.642. The minimum absolute atomic E-state index is 0.191. The van der Waals surface area contributed by atoms with Gasteiger partial charge >= 0.3 is 5.82 Å². The molecule has 0 atom stereocenters. The Balaban J connectivity index is 3.34. The lowest BCUT2D eigenvalue weighted by Crippen LogP contribution is -1.89. The molecule has 0 fully saturated rings. The van der Waals surface area contributed by atoms with E-state index in [0.29, 0.717) is 4.47 Å². The zero-order chi connectivity index (χ0) is 9.14. The number of nitro groups is 1. The average molecular weight is 228 g/mol. The fourth-order valence-corrected chi connectivity index (χ4v) is 0.961. The van der Waals surface area contributed by atoms with Crippen LogP contribution in [0.4, 0.5) is 11.5 Å². The molecule has 0 saturated heterocycles. The van der Waals surface area contributed by atoms with E-state index in [1.807, 2.05) is 0 Å². The molecule has 0 N–H and O–H groups in total. The maximum absolute atomic E-state index is 10.3. The first-order valence-corrected chi connectivity index (χ1v) is 3.62. The number of hydrogen-bond donors (Lipinski definition) is 0. The average Bonchev–Trinajstić information content (AvgIpc) is 2.04. The highest BCUT2D eigenvalue weighted by atomic mass is 79.9. The van der Waals surface area contributed by atoms with Gasteiger partial charge in [0.15, 0.2) is 0 Å². The zero-order valence-electron chi connectivity index (χ0n) is 5.69. The summed E-state index contributed by atoms with van der Waals surface area (Å²) >= 11 is 3.02. The first-order chi connectivity index (χ1) is 5.65. The second kappa shape index (κ2) is 3.28. The van der Waals surface area contributed by atoms with Crippen LogP contribution in [0, 0.1) is 16.7 Å². The lowest BCUT2D eigenvalue weighted by molar-refractivity contribution is -0.384. The number of rotatable bonds is 1. The van der Waals surface area contributed by atoms with E-state index in [4.69, 9.17) is 6.57 Å². The molecule has 0 amide bonds. The van der Waals surface area contributed by atoms with Gasteiger partial charge in [-0.2, -0.15) is 0 Å². The minimum atomic E-state index is -0.634. The van der Waals surface area contributed by atoms with Gasteiger partial charge in [-0.3, -0.25) is 10.1 Å². The van der Waals surface area contributed by atoms with Crippen LogP contribution in [-0.2, 0) is 0 Å². The van der Waals surface area contributed by atoms with E-state index in [1.165, 1.54) is 12.3 Å². The maximum atomic E-state index is 10.3. The molecule has 6 heteroatoms. The largest absolute Gasteiger partial charge is 0.355 e. The van der Waals surface area contributed by atoms with Crippen molar-refractivity contribution in [1.29, 1.82) is 0 Å². The monoisotopic (exact) mass is 227 g/mol. The molecule has 12 heavy (non-hydrogen) atoms. The number of hydrogen-bond acceptors (Lipinski definition) is 3. The molecule has 5 nitrogen and oxygen atoms in total. The van der Waals surface area contributed by atoms with Crippen LogP contribution in [0.1, 0.15) is 0 Å². The Morgan fingerprint density at radius 3 is 2.92 bits per heavy atom. The molecule has 1 aromatic heterocycles. The van der Waals surface area contributed by atoms with Crippen molar-refractivity contribution in [2.45, 2.75) is 0 Å². The highest BCUT2D eigenvalue weighted by Crippen LogP contribution is 2.27. The number of halogens is 1. The smallest absolute Gasteiger partial charge is 0.348 e. The lowest BCUT2D eigenvalue weighted by atomic mass is 10.4. The molecule has 0 unspecified atom stereocenters. The van der Waals surface area contributed by atoms with Gasteiger partial charge in [0.1, 0.15) is 6.20 Å². The van der Waals surface area contributed by atoms with Crippen molar-refractivity contribution in [1.82, 2.24) is 4.98 Å². The molecule has 0 aromatic carbocycles. The van der Waals surface area contributed by atoms with E-state index in [-0.39, 0.29) is 11.5 Å². The summed E-state index contributed by atoms with van der Waals surface area (Å²) in [5.41, 5.74) is -0.278. The number of nitrogens with zero attached hydrogens (tertiary/aromatic N) is 3. The predicted octanol–water partition coefficient (Wildman–Crippen LogP) is 2.30. The van der Waals surface area contributed by atoms with Crippen molar-refractivity contribution in [3.8, 4) is 0 Å². The molecule has 0 bridgehead atoms. The van der Waals surface area contributed by atoms with Gasteiger partial charge < -0.3 is 4.85 Å². The molecule has 60 valence electrons. The van der Waals surface area contributed by atoms with Crippen molar-refractivity contribution >= 4 is 27.4 Å². The van der Waals surface area contributed by atoms with Crippen LogP contribution in [0.3, 0.4) is 0 Å². The topological polar surface area (TPSA) is 60.4 Å². The van der Waals surface area contributed by atoms with Gasteiger partial charge in [0.05, 0.1) is 9.40 Å². The summed E-state index contributed by atoms with van der Waals surface area (Å²) < 4.78 is 0.488. The van der Waals surface area contributed by atoms with Crippen molar-refractivity contribution in [3.05, 3.63) is 38.3 Å². The summed E-state index contributed by atoms with van der Waals surface area (Å²) in [5.74, 6) is -0.191. The third-order valence-corrected chi connectivity index (χ3v) is 1.55. The Morgan fingerprint density at radius 2 is 2.42 bits per heavy atom. The molecule has 0 radical (unpaired) electrons. The van der Waals surface area contributed by atoms with Gasteiger partial charge in [0, 0.05) is 6.07 Å².